The molecule has 17 heavy (non-hydrogen) atoms. The van der Waals surface area contributed by atoms with Gasteiger partial charge in [-0.2, -0.15) is 0 Å². The van der Waals surface area contributed by atoms with Gasteiger partial charge in [0.05, 0.1) is 12.5 Å². The summed E-state index contributed by atoms with van der Waals surface area (Å²) in [5, 5.41) is 8.92. The Morgan fingerprint density at radius 3 is 2.76 bits per heavy atom. The minimum atomic E-state index is -0.0643. The molecule has 1 fully saturated rings. The standard InChI is InChI=1S/C10H14BrN3O2S/c1-2-16-8(15)7-3-5-14(6-4-7)10-13-12-9(11)17-10/h7H,2-6H2,1H3. The van der Waals surface area contributed by atoms with Gasteiger partial charge < -0.3 is 9.64 Å². The van der Waals surface area contributed by atoms with Gasteiger partial charge in [0.15, 0.2) is 3.92 Å². The molecule has 0 amide bonds. The minimum Gasteiger partial charge on any atom is -0.466 e. The fraction of sp³-hybridized carbons (Fsp3) is 0.700. The van der Waals surface area contributed by atoms with Crippen molar-refractivity contribution in [2.45, 2.75) is 19.8 Å². The largest absolute Gasteiger partial charge is 0.466 e. The van der Waals surface area contributed by atoms with Crippen LogP contribution in [-0.4, -0.2) is 35.9 Å². The van der Waals surface area contributed by atoms with Crippen LogP contribution in [0.5, 0.6) is 0 Å². The first-order chi connectivity index (χ1) is 8.20. The lowest BCUT2D eigenvalue weighted by molar-refractivity contribution is -0.148. The number of nitrogens with zero attached hydrogens (tertiary/aromatic N) is 3. The number of hydrogen-bond acceptors (Lipinski definition) is 6. The number of carbonyl (C=O) groups excluding carboxylic acids is 1. The third kappa shape index (κ3) is 3.16. The quantitative estimate of drug-likeness (QED) is 0.798. The summed E-state index contributed by atoms with van der Waals surface area (Å²) in [4.78, 5) is 13.7. The van der Waals surface area contributed by atoms with Crippen LogP contribution in [0.2, 0.25) is 0 Å². The van der Waals surface area contributed by atoms with Crippen molar-refractivity contribution < 1.29 is 9.53 Å². The molecular formula is C10H14BrN3O2S. The highest BCUT2D eigenvalue weighted by molar-refractivity contribution is 9.11. The Balaban J connectivity index is 1.88. The van der Waals surface area contributed by atoms with E-state index in [4.69, 9.17) is 4.74 Å². The molecule has 0 radical (unpaired) electrons. The summed E-state index contributed by atoms with van der Waals surface area (Å²) in [6.45, 7) is 3.98. The van der Waals surface area contributed by atoms with Gasteiger partial charge in [-0.3, -0.25) is 4.79 Å². The van der Waals surface area contributed by atoms with Crippen LogP contribution in [0.15, 0.2) is 3.92 Å². The molecular weight excluding hydrogens is 306 g/mol. The van der Waals surface area contributed by atoms with E-state index in [0.29, 0.717) is 6.61 Å². The number of anilines is 1. The molecule has 7 heteroatoms. The predicted octanol–water partition coefficient (Wildman–Crippen LogP) is 2.08. The summed E-state index contributed by atoms with van der Waals surface area (Å²) >= 11 is 4.82. The molecule has 0 aliphatic carbocycles. The van der Waals surface area contributed by atoms with Crippen molar-refractivity contribution in [1.29, 1.82) is 0 Å². The van der Waals surface area contributed by atoms with Crippen molar-refractivity contribution >= 4 is 38.4 Å². The number of aromatic nitrogens is 2. The molecule has 94 valence electrons. The molecule has 0 aromatic carbocycles. The number of esters is 1. The molecule has 1 aromatic heterocycles. The van der Waals surface area contributed by atoms with Crippen molar-refractivity contribution in [3.05, 3.63) is 3.92 Å². The Morgan fingerprint density at radius 1 is 1.53 bits per heavy atom. The van der Waals surface area contributed by atoms with Gasteiger partial charge >= 0.3 is 5.97 Å². The van der Waals surface area contributed by atoms with Crippen LogP contribution < -0.4 is 4.90 Å². The maximum atomic E-state index is 11.6. The lowest BCUT2D eigenvalue weighted by Gasteiger charge is -2.30. The summed E-state index contributed by atoms with van der Waals surface area (Å²) in [7, 11) is 0. The van der Waals surface area contributed by atoms with Crippen molar-refractivity contribution in [2.75, 3.05) is 24.6 Å². The summed E-state index contributed by atoms with van der Waals surface area (Å²) in [5.74, 6) is -0.0202. The van der Waals surface area contributed by atoms with E-state index in [-0.39, 0.29) is 11.9 Å². The number of rotatable bonds is 3. The number of piperidine rings is 1. The first-order valence-electron chi connectivity index (χ1n) is 5.61. The lowest BCUT2D eigenvalue weighted by Crippen LogP contribution is -2.36. The number of hydrogen-bond donors (Lipinski definition) is 0. The zero-order valence-corrected chi connectivity index (χ0v) is 12.0. The van der Waals surface area contributed by atoms with Crippen LogP contribution >= 0.6 is 27.3 Å². The van der Waals surface area contributed by atoms with E-state index in [0.717, 1.165) is 35.0 Å². The van der Waals surface area contributed by atoms with Crippen LogP contribution in [-0.2, 0) is 9.53 Å². The van der Waals surface area contributed by atoms with Crippen LogP contribution in [0.25, 0.3) is 0 Å². The molecule has 1 saturated heterocycles. The van der Waals surface area contributed by atoms with E-state index in [1.54, 1.807) is 0 Å². The van der Waals surface area contributed by atoms with E-state index in [2.05, 4.69) is 31.0 Å². The van der Waals surface area contributed by atoms with Gasteiger partial charge in [-0.15, -0.1) is 10.2 Å². The van der Waals surface area contributed by atoms with Crippen LogP contribution in [0.3, 0.4) is 0 Å². The van der Waals surface area contributed by atoms with E-state index in [9.17, 15) is 4.79 Å². The van der Waals surface area contributed by atoms with E-state index < -0.39 is 0 Å². The molecule has 5 nitrogen and oxygen atoms in total. The maximum Gasteiger partial charge on any atom is 0.309 e. The van der Waals surface area contributed by atoms with Gasteiger partial charge in [0.2, 0.25) is 5.13 Å². The molecule has 0 saturated carbocycles. The van der Waals surface area contributed by atoms with E-state index >= 15 is 0 Å². The van der Waals surface area contributed by atoms with Crippen LogP contribution in [0.1, 0.15) is 19.8 Å². The molecule has 0 N–H and O–H groups in total. The Hall–Kier alpha value is -0.690. The van der Waals surface area contributed by atoms with Gasteiger partial charge in [-0.1, -0.05) is 11.3 Å². The summed E-state index contributed by atoms with van der Waals surface area (Å²) in [6, 6.07) is 0. The smallest absolute Gasteiger partial charge is 0.309 e. The van der Waals surface area contributed by atoms with Crippen molar-refractivity contribution in [2.24, 2.45) is 5.92 Å². The third-order valence-corrected chi connectivity index (χ3v) is 4.19. The average molecular weight is 320 g/mol. The second kappa shape index (κ2) is 5.77. The fourth-order valence-corrected chi connectivity index (χ4v) is 3.03. The molecule has 2 rings (SSSR count). The second-order valence-corrected chi connectivity index (χ2v) is 6.08. The maximum absolute atomic E-state index is 11.6. The average Bonchev–Trinajstić information content (AvgIpc) is 2.76. The van der Waals surface area contributed by atoms with Gasteiger partial charge in [-0.05, 0) is 35.7 Å². The van der Waals surface area contributed by atoms with Gasteiger partial charge in [-0.25, -0.2) is 0 Å². The monoisotopic (exact) mass is 319 g/mol. The molecule has 0 bridgehead atoms. The fourth-order valence-electron chi connectivity index (χ4n) is 1.89. The van der Waals surface area contributed by atoms with Crippen molar-refractivity contribution in [3.63, 3.8) is 0 Å². The Kier molecular flexibility index (Phi) is 4.33. The van der Waals surface area contributed by atoms with Gasteiger partial charge in [0.1, 0.15) is 0 Å². The van der Waals surface area contributed by atoms with E-state index in [1.807, 2.05) is 6.92 Å². The van der Waals surface area contributed by atoms with Crippen LogP contribution in [0, 0.1) is 5.92 Å². The predicted molar refractivity (Wildman–Crippen MR) is 69.2 cm³/mol. The molecule has 1 aromatic rings. The number of halogens is 1. The highest BCUT2D eigenvalue weighted by Crippen LogP contribution is 2.28. The lowest BCUT2D eigenvalue weighted by atomic mass is 9.97. The Labute approximate surface area is 112 Å². The number of ether oxygens (including phenoxy) is 1. The Morgan fingerprint density at radius 2 is 2.24 bits per heavy atom. The van der Waals surface area contributed by atoms with Crippen molar-refractivity contribution in [1.82, 2.24) is 10.2 Å². The molecule has 1 aliphatic heterocycles. The zero-order valence-electron chi connectivity index (χ0n) is 9.56. The summed E-state index contributed by atoms with van der Waals surface area (Å²) < 4.78 is 5.83. The summed E-state index contributed by atoms with van der Waals surface area (Å²) in [5.41, 5.74) is 0. The molecule has 0 spiro atoms. The molecule has 2 heterocycles. The highest BCUT2D eigenvalue weighted by atomic mass is 79.9. The second-order valence-electron chi connectivity index (χ2n) is 3.85. The highest BCUT2D eigenvalue weighted by Gasteiger charge is 2.27. The first kappa shape index (κ1) is 12.8. The van der Waals surface area contributed by atoms with Crippen LogP contribution in [0.4, 0.5) is 5.13 Å². The molecule has 0 atom stereocenters. The number of carbonyl (C=O) groups is 1. The van der Waals surface area contributed by atoms with Gasteiger partial charge in [0, 0.05) is 13.1 Å². The molecule has 0 unspecified atom stereocenters. The SMILES string of the molecule is CCOC(=O)C1CCN(c2nnc(Br)s2)CC1. The Bertz CT molecular complexity index is 391. The molecule has 1 aliphatic rings. The third-order valence-electron chi connectivity index (χ3n) is 2.78. The first-order valence-corrected chi connectivity index (χ1v) is 7.22. The summed E-state index contributed by atoms with van der Waals surface area (Å²) in [6.07, 6.45) is 1.66. The van der Waals surface area contributed by atoms with Crippen molar-refractivity contribution in [3.8, 4) is 0 Å². The minimum absolute atomic E-state index is 0.0440. The zero-order chi connectivity index (χ0) is 12.3. The van der Waals surface area contributed by atoms with E-state index in [1.165, 1.54) is 11.3 Å². The normalized spacial score (nSPS) is 17.2. The van der Waals surface area contributed by atoms with Gasteiger partial charge in [0.25, 0.3) is 0 Å². The topological polar surface area (TPSA) is 55.3 Å².